The van der Waals surface area contributed by atoms with E-state index in [0.29, 0.717) is 16.8 Å². The van der Waals surface area contributed by atoms with E-state index in [4.69, 9.17) is 0 Å². The van der Waals surface area contributed by atoms with Crippen molar-refractivity contribution in [1.82, 2.24) is 0 Å². The second kappa shape index (κ2) is 9.53. The molecule has 7 heteroatoms. The molecule has 0 unspecified atom stereocenters. The van der Waals surface area contributed by atoms with E-state index < -0.39 is 21.6 Å². The van der Waals surface area contributed by atoms with E-state index in [9.17, 15) is 17.6 Å². The van der Waals surface area contributed by atoms with E-state index in [2.05, 4.69) is 10.2 Å². The minimum absolute atomic E-state index is 0.211. The van der Waals surface area contributed by atoms with Crippen LogP contribution < -0.4 is 10.2 Å². The molecule has 1 N–H and O–H groups in total. The minimum Gasteiger partial charge on any atom is -0.370 e. The molecule has 32 heavy (non-hydrogen) atoms. The Balaban J connectivity index is 1.54. The van der Waals surface area contributed by atoms with Crippen LogP contribution in [-0.2, 0) is 15.6 Å². The molecule has 1 fully saturated rings. The zero-order valence-electron chi connectivity index (χ0n) is 17.6. The topological polar surface area (TPSA) is 66.5 Å². The fourth-order valence-corrected chi connectivity index (χ4v) is 5.30. The van der Waals surface area contributed by atoms with Gasteiger partial charge in [-0.2, -0.15) is 0 Å². The van der Waals surface area contributed by atoms with Crippen LogP contribution in [0.2, 0.25) is 0 Å². The Morgan fingerprint density at radius 3 is 2.41 bits per heavy atom. The molecule has 5 nitrogen and oxygen atoms in total. The summed E-state index contributed by atoms with van der Waals surface area (Å²) >= 11 is 0. The highest BCUT2D eigenvalue weighted by Crippen LogP contribution is 2.30. The van der Waals surface area contributed by atoms with Gasteiger partial charge in [-0.1, -0.05) is 30.3 Å². The Labute approximate surface area is 187 Å². The monoisotopic (exact) mass is 452 g/mol. The first-order valence-electron chi connectivity index (χ1n) is 10.6. The second-order valence-electron chi connectivity index (χ2n) is 7.94. The Morgan fingerprint density at radius 2 is 1.66 bits per heavy atom. The van der Waals surface area contributed by atoms with Crippen molar-refractivity contribution in [2.24, 2.45) is 0 Å². The van der Waals surface area contributed by atoms with Crippen molar-refractivity contribution in [1.29, 1.82) is 0 Å². The van der Waals surface area contributed by atoms with Gasteiger partial charge < -0.3 is 10.2 Å². The van der Waals surface area contributed by atoms with Crippen molar-refractivity contribution in [3.63, 3.8) is 0 Å². The third-order valence-electron chi connectivity index (χ3n) is 5.55. The van der Waals surface area contributed by atoms with E-state index in [1.807, 2.05) is 0 Å². The van der Waals surface area contributed by atoms with Gasteiger partial charge in [-0.15, -0.1) is 0 Å². The summed E-state index contributed by atoms with van der Waals surface area (Å²) in [5, 5.41) is 2.82. The zero-order valence-corrected chi connectivity index (χ0v) is 18.4. The number of amides is 1. The van der Waals surface area contributed by atoms with Crippen molar-refractivity contribution in [2.75, 3.05) is 23.3 Å². The van der Waals surface area contributed by atoms with Gasteiger partial charge in [-0.25, -0.2) is 12.8 Å². The van der Waals surface area contributed by atoms with E-state index in [1.54, 1.807) is 60.7 Å². The number of nitrogens with one attached hydrogen (secondary N) is 1. The molecule has 3 aromatic rings. The standard InChI is InChI=1S/C25H25FN2O3S/c26-21-12-13-24(28-14-5-2-6-15-28)23(17-21)27-25(29)20-9-7-8-19(16-20)18-32(30,31)22-10-3-1-4-11-22/h1,3-4,7-13,16-17H,2,5-6,14-15,18H2,(H,27,29). The molecule has 0 aromatic heterocycles. The van der Waals surface area contributed by atoms with Gasteiger partial charge in [-0.3, -0.25) is 4.79 Å². The molecular weight excluding hydrogens is 427 g/mol. The van der Waals surface area contributed by atoms with Crippen molar-refractivity contribution in [3.8, 4) is 0 Å². The van der Waals surface area contributed by atoms with Crippen molar-refractivity contribution in [2.45, 2.75) is 29.9 Å². The fraction of sp³-hybridized carbons (Fsp3) is 0.240. The number of carbonyl (C=O) groups excluding carboxylic acids is 1. The maximum Gasteiger partial charge on any atom is 0.255 e. The number of carbonyl (C=O) groups is 1. The van der Waals surface area contributed by atoms with Crippen LogP contribution in [-0.4, -0.2) is 27.4 Å². The number of benzene rings is 3. The number of sulfone groups is 1. The molecule has 1 amide bonds. The molecule has 0 radical (unpaired) electrons. The summed E-state index contributed by atoms with van der Waals surface area (Å²) in [7, 11) is -3.53. The highest BCUT2D eigenvalue weighted by molar-refractivity contribution is 7.90. The number of anilines is 2. The molecule has 0 atom stereocenters. The van der Waals surface area contributed by atoms with Gasteiger partial charge in [-0.05, 0) is 67.3 Å². The van der Waals surface area contributed by atoms with Crippen LogP contribution in [0.25, 0.3) is 0 Å². The first-order chi connectivity index (χ1) is 15.4. The zero-order chi connectivity index (χ0) is 22.6. The molecule has 0 aliphatic carbocycles. The minimum atomic E-state index is -3.53. The highest BCUT2D eigenvalue weighted by Gasteiger charge is 2.19. The lowest BCUT2D eigenvalue weighted by Gasteiger charge is -2.30. The summed E-state index contributed by atoms with van der Waals surface area (Å²) in [5.74, 6) is -1.05. The molecule has 0 bridgehead atoms. The Morgan fingerprint density at radius 1 is 0.906 bits per heavy atom. The van der Waals surface area contributed by atoms with Gasteiger partial charge in [0.1, 0.15) is 5.82 Å². The van der Waals surface area contributed by atoms with Gasteiger partial charge in [0.25, 0.3) is 5.91 Å². The Kier molecular flexibility index (Phi) is 6.55. The van der Waals surface area contributed by atoms with Gasteiger partial charge >= 0.3 is 0 Å². The maximum atomic E-state index is 13.9. The van der Waals surface area contributed by atoms with Crippen LogP contribution >= 0.6 is 0 Å². The van der Waals surface area contributed by atoms with Crippen molar-refractivity contribution in [3.05, 3.63) is 89.7 Å². The van der Waals surface area contributed by atoms with Crippen LogP contribution in [0.15, 0.2) is 77.7 Å². The lowest BCUT2D eigenvalue weighted by Crippen LogP contribution is -2.30. The first kappa shape index (κ1) is 22.0. The van der Waals surface area contributed by atoms with Crippen LogP contribution in [0.4, 0.5) is 15.8 Å². The predicted molar refractivity (Wildman–Crippen MR) is 124 cm³/mol. The molecule has 1 aliphatic heterocycles. The number of rotatable bonds is 6. The fourth-order valence-electron chi connectivity index (χ4n) is 3.95. The lowest BCUT2D eigenvalue weighted by atomic mass is 10.1. The molecule has 1 saturated heterocycles. The van der Waals surface area contributed by atoms with Gasteiger partial charge in [0.05, 0.1) is 22.0 Å². The molecule has 1 aliphatic rings. The van der Waals surface area contributed by atoms with E-state index in [-0.39, 0.29) is 10.6 Å². The number of halogens is 1. The average molecular weight is 453 g/mol. The summed E-state index contributed by atoms with van der Waals surface area (Å²) < 4.78 is 39.3. The first-order valence-corrected chi connectivity index (χ1v) is 12.3. The molecule has 0 spiro atoms. The SMILES string of the molecule is O=C(Nc1cc(F)ccc1N1CCCCC1)c1cccc(CS(=O)(=O)c2ccccc2)c1. The third kappa shape index (κ3) is 5.16. The lowest BCUT2D eigenvalue weighted by molar-refractivity contribution is 0.102. The average Bonchev–Trinajstić information content (AvgIpc) is 2.80. The van der Waals surface area contributed by atoms with E-state index >= 15 is 0 Å². The third-order valence-corrected chi connectivity index (χ3v) is 7.26. The van der Waals surface area contributed by atoms with Crippen LogP contribution in [0.1, 0.15) is 35.2 Å². The van der Waals surface area contributed by atoms with E-state index in [0.717, 1.165) is 38.0 Å². The number of hydrogen-bond donors (Lipinski definition) is 1. The molecule has 1 heterocycles. The van der Waals surface area contributed by atoms with Crippen molar-refractivity contribution < 1.29 is 17.6 Å². The highest BCUT2D eigenvalue weighted by atomic mass is 32.2. The summed E-state index contributed by atoms with van der Waals surface area (Å²) in [5.41, 5.74) is 2.04. The van der Waals surface area contributed by atoms with Gasteiger partial charge in [0.2, 0.25) is 0 Å². The van der Waals surface area contributed by atoms with Crippen molar-refractivity contribution >= 4 is 27.1 Å². The molecule has 4 rings (SSSR count). The van der Waals surface area contributed by atoms with Crippen LogP contribution in [0.5, 0.6) is 0 Å². The largest absolute Gasteiger partial charge is 0.370 e. The summed E-state index contributed by atoms with van der Waals surface area (Å²) in [6, 6.07) is 19.2. The predicted octanol–water partition coefficient (Wildman–Crippen LogP) is 5.04. The molecule has 166 valence electrons. The van der Waals surface area contributed by atoms with Crippen LogP contribution in [0.3, 0.4) is 0 Å². The molecular formula is C25H25FN2O3S. The normalized spacial score (nSPS) is 14.2. The maximum absolute atomic E-state index is 13.9. The summed E-state index contributed by atoms with van der Waals surface area (Å²) in [4.78, 5) is 15.3. The summed E-state index contributed by atoms with van der Waals surface area (Å²) in [6.45, 7) is 1.72. The second-order valence-corrected chi connectivity index (χ2v) is 9.93. The Bertz CT molecular complexity index is 1210. The Hall–Kier alpha value is -3.19. The smallest absolute Gasteiger partial charge is 0.255 e. The number of hydrogen-bond acceptors (Lipinski definition) is 4. The van der Waals surface area contributed by atoms with Gasteiger partial charge in [0.15, 0.2) is 9.84 Å². The van der Waals surface area contributed by atoms with Crippen LogP contribution in [0, 0.1) is 5.82 Å². The number of nitrogens with zero attached hydrogens (tertiary/aromatic N) is 1. The molecule has 3 aromatic carbocycles. The van der Waals surface area contributed by atoms with Gasteiger partial charge in [0, 0.05) is 18.7 Å². The summed E-state index contributed by atoms with van der Waals surface area (Å²) in [6.07, 6.45) is 3.28. The molecule has 0 saturated carbocycles. The quantitative estimate of drug-likeness (QED) is 0.569. The van der Waals surface area contributed by atoms with E-state index in [1.165, 1.54) is 12.1 Å². The number of piperidine rings is 1.